The topological polar surface area (TPSA) is 91.4 Å². The van der Waals surface area contributed by atoms with Gasteiger partial charge >= 0.3 is 6.09 Å². The fourth-order valence-corrected chi connectivity index (χ4v) is 8.03. The zero-order valence-electron chi connectivity index (χ0n) is 18.9. The van der Waals surface area contributed by atoms with Gasteiger partial charge in [0.25, 0.3) is 5.91 Å². The maximum atomic E-state index is 13.0. The number of carbonyl (C=O) groups excluding carboxylic acids is 2. The Balaban J connectivity index is 0.935. The third kappa shape index (κ3) is 3.32. The molecule has 2 saturated heterocycles. The van der Waals surface area contributed by atoms with Crippen molar-refractivity contribution >= 4 is 23.0 Å². The van der Waals surface area contributed by atoms with Gasteiger partial charge in [-0.3, -0.25) is 9.89 Å². The van der Waals surface area contributed by atoms with Gasteiger partial charge in [0.1, 0.15) is 5.52 Å². The minimum absolute atomic E-state index is 0.0327. The second-order valence-electron chi connectivity index (χ2n) is 11.4. The highest BCUT2D eigenvalue weighted by Crippen LogP contribution is 2.56. The summed E-state index contributed by atoms with van der Waals surface area (Å²) in [6.45, 7) is 3.38. The van der Waals surface area contributed by atoms with E-state index >= 15 is 0 Å². The average molecular weight is 450 g/mol. The summed E-state index contributed by atoms with van der Waals surface area (Å²) >= 11 is 0. The molecule has 33 heavy (non-hydrogen) atoms. The lowest BCUT2D eigenvalue weighted by Crippen LogP contribution is -2.47. The number of nitrogens with zero attached hydrogens (tertiary/aromatic N) is 4. The second kappa shape index (κ2) is 7.43. The van der Waals surface area contributed by atoms with Gasteiger partial charge in [-0.25, -0.2) is 4.79 Å². The SMILES string of the molecule is O=C(OCC1C2CC3CC(C2)CC1C3)N1C[C@@H]2CN(C(=O)c3ccc4[nH]nnc4c3)C[C@@H]2C1. The Morgan fingerprint density at radius 2 is 1.58 bits per heavy atom. The summed E-state index contributed by atoms with van der Waals surface area (Å²) in [7, 11) is 0. The van der Waals surface area contributed by atoms with Crippen molar-refractivity contribution in [2.45, 2.75) is 32.1 Å². The maximum absolute atomic E-state index is 13.0. The van der Waals surface area contributed by atoms with Crippen molar-refractivity contribution in [3.63, 3.8) is 0 Å². The number of hydrogen-bond donors (Lipinski definition) is 1. The van der Waals surface area contributed by atoms with E-state index in [9.17, 15) is 9.59 Å². The maximum Gasteiger partial charge on any atom is 0.409 e. The van der Waals surface area contributed by atoms with E-state index in [0.29, 0.717) is 61.6 Å². The summed E-state index contributed by atoms with van der Waals surface area (Å²) in [6.07, 6.45) is 6.73. The van der Waals surface area contributed by atoms with Crippen LogP contribution >= 0.6 is 0 Å². The highest BCUT2D eigenvalue weighted by molar-refractivity contribution is 5.97. The molecule has 1 aromatic carbocycles. The van der Waals surface area contributed by atoms with Gasteiger partial charge in [-0.05, 0) is 79.9 Å². The highest BCUT2D eigenvalue weighted by atomic mass is 16.6. The van der Waals surface area contributed by atoms with Crippen molar-refractivity contribution in [2.24, 2.45) is 41.4 Å². The van der Waals surface area contributed by atoms with Crippen molar-refractivity contribution in [1.29, 1.82) is 0 Å². The van der Waals surface area contributed by atoms with Gasteiger partial charge in [0.05, 0.1) is 12.1 Å². The number of carbonyl (C=O) groups is 2. The average Bonchev–Trinajstić information content (AvgIpc) is 3.51. The van der Waals surface area contributed by atoms with Crippen LogP contribution in [0.4, 0.5) is 4.79 Å². The lowest BCUT2D eigenvalue weighted by molar-refractivity contribution is -0.0617. The summed E-state index contributed by atoms with van der Waals surface area (Å²) in [5, 5.41) is 10.6. The first-order chi connectivity index (χ1) is 16.1. The summed E-state index contributed by atoms with van der Waals surface area (Å²) in [6, 6.07) is 5.47. The number of likely N-dealkylation sites (tertiary alicyclic amines) is 2. The lowest BCUT2D eigenvalue weighted by atomic mass is 9.52. The van der Waals surface area contributed by atoms with Crippen molar-refractivity contribution in [3.05, 3.63) is 23.8 Å². The molecule has 0 unspecified atom stereocenters. The number of nitrogens with one attached hydrogen (secondary N) is 1. The van der Waals surface area contributed by atoms with E-state index < -0.39 is 0 Å². The summed E-state index contributed by atoms with van der Waals surface area (Å²) in [5.74, 6) is 4.73. The van der Waals surface area contributed by atoms with Crippen molar-refractivity contribution in [3.8, 4) is 0 Å². The smallest absolute Gasteiger partial charge is 0.409 e. The van der Waals surface area contributed by atoms with Gasteiger partial charge < -0.3 is 14.5 Å². The second-order valence-corrected chi connectivity index (χ2v) is 11.4. The van der Waals surface area contributed by atoms with Crippen LogP contribution in [0, 0.1) is 41.4 Å². The molecule has 6 aliphatic rings. The van der Waals surface area contributed by atoms with Gasteiger partial charge in [0.15, 0.2) is 0 Å². The molecular weight excluding hydrogens is 418 g/mol. The van der Waals surface area contributed by atoms with E-state index in [1.807, 2.05) is 21.9 Å². The first kappa shape index (κ1) is 19.8. The molecule has 4 aliphatic carbocycles. The van der Waals surface area contributed by atoms with Crippen LogP contribution in [-0.4, -0.2) is 70.0 Å². The zero-order valence-corrected chi connectivity index (χ0v) is 18.9. The number of H-pyrrole nitrogens is 1. The van der Waals surface area contributed by atoms with Gasteiger partial charge in [-0.1, -0.05) is 5.21 Å². The molecular formula is C25H31N5O3. The Hall–Kier alpha value is -2.64. The minimum Gasteiger partial charge on any atom is -0.449 e. The monoisotopic (exact) mass is 449 g/mol. The first-order valence-corrected chi connectivity index (χ1v) is 12.6. The van der Waals surface area contributed by atoms with Gasteiger partial charge in [-0.15, -0.1) is 5.10 Å². The Morgan fingerprint density at radius 1 is 0.909 bits per heavy atom. The van der Waals surface area contributed by atoms with Crippen LogP contribution in [0.3, 0.4) is 0 Å². The van der Waals surface area contributed by atoms with E-state index in [1.165, 1.54) is 32.1 Å². The van der Waals surface area contributed by atoms with Crippen molar-refractivity contribution in [1.82, 2.24) is 25.2 Å². The molecule has 1 N–H and O–H groups in total. The van der Waals surface area contributed by atoms with Gasteiger partial charge in [0, 0.05) is 43.6 Å². The predicted octanol–water partition coefficient (Wildman–Crippen LogP) is 3.17. The molecule has 4 saturated carbocycles. The summed E-state index contributed by atoms with van der Waals surface area (Å²) in [4.78, 5) is 29.7. The third-order valence-electron chi connectivity index (χ3n) is 9.43. The molecule has 8 heteroatoms. The molecule has 3 heterocycles. The number of rotatable bonds is 3. The fraction of sp³-hybridized carbons (Fsp3) is 0.680. The highest BCUT2D eigenvalue weighted by Gasteiger charge is 2.49. The molecule has 2 amide bonds. The number of benzene rings is 1. The molecule has 174 valence electrons. The quantitative estimate of drug-likeness (QED) is 0.777. The lowest BCUT2D eigenvalue weighted by Gasteiger charge is -2.54. The van der Waals surface area contributed by atoms with Crippen LogP contribution in [0.2, 0.25) is 0 Å². The third-order valence-corrected chi connectivity index (χ3v) is 9.43. The molecule has 0 radical (unpaired) electrons. The van der Waals surface area contributed by atoms with Crippen molar-refractivity contribution < 1.29 is 14.3 Å². The number of aromatic amines is 1. The van der Waals surface area contributed by atoms with E-state index in [-0.39, 0.29) is 12.0 Å². The van der Waals surface area contributed by atoms with Gasteiger partial charge in [-0.2, -0.15) is 0 Å². The van der Waals surface area contributed by atoms with Crippen LogP contribution in [0.5, 0.6) is 0 Å². The number of amides is 2. The molecule has 2 aliphatic heterocycles. The summed E-state index contributed by atoms with van der Waals surface area (Å²) < 4.78 is 5.88. The van der Waals surface area contributed by atoms with Crippen LogP contribution < -0.4 is 0 Å². The molecule has 8 rings (SSSR count). The molecule has 2 aromatic rings. The Morgan fingerprint density at radius 3 is 2.27 bits per heavy atom. The fourth-order valence-electron chi connectivity index (χ4n) is 8.03. The largest absolute Gasteiger partial charge is 0.449 e. The molecule has 2 atom stereocenters. The molecule has 8 nitrogen and oxygen atoms in total. The Bertz CT molecular complexity index is 1060. The van der Waals surface area contributed by atoms with Crippen molar-refractivity contribution in [2.75, 3.05) is 32.8 Å². The van der Waals surface area contributed by atoms with E-state index in [2.05, 4.69) is 15.4 Å². The molecule has 0 spiro atoms. The van der Waals surface area contributed by atoms with Crippen LogP contribution in [0.1, 0.15) is 42.5 Å². The number of fused-ring (bicyclic) bond motifs is 2. The molecule has 4 bridgehead atoms. The zero-order chi connectivity index (χ0) is 22.1. The normalized spacial score (nSPS) is 36.5. The van der Waals surface area contributed by atoms with Gasteiger partial charge in [0.2, 0.25) is 0 Å². The molecule has 6 fully saturated rings. The number of hydrogen-bond acceptors (Lipinski definition) is 5. The first-order valence-electron chi connectivity index (χ1n) is 12.6. The number of ether oxygens (including phenoxy) is 1. The van der Waals surface area contributed by atoms with E-state index in [4.69, 9.17) is 4.74 Å². The Labute approximate surface area is 193 Å². The van der Waals surface area contributed by atoms with E-state index in [1.54, 1.807) is 6.07 Å². The molecule has 1 aromatic heterocycles. The Kier molecular flexibility index (Phi) is 4.46. The van der Waals surface area contributed by atoms with E-state index in [0.717, 1.165) is 29.2 Å². The van der Waals surface area contributed by atoms with Crippen LogP contribution in [0.25, 0.3) is 11.0 Å². The summed E-state index contributed by atoms with van der Waals surface area (Å²) in [5.41, 5.74) is 2.17. The minimum atomic E-state index is -0.146. The predicted molar refractivity (Wildman–Crippen MR) is 120 cm³/mol. The van der Waals surface area contributed by atoms with Crippen LogP contribution in [0.15, 0.2) is 18.2 Å². The number of aromatic nitrogens is 3. The standard InChI is InChI=1S/C25H31N5O3/c31-24(16-1-2-22-23(8-16)27-28-26-22)29-9-19-11-30(12-20(19)10-29)25(32)33-13-21-17-4-14-3-15(6-17)7-18(21)5-14/h1-2,8,14-15,17-21H,3-7,9-13H2,(H,26,27,28)/t14?,15?,17?,18?,19-,20+,21?. The van der Waals surface area contributed by atoms with Crippen LogP contribution in [-0.2, 0) is 4.74 Å².